The van der Waals surface area contributed by atoms with Crippen LogP contribution in [0.5, 0.6) is 0 Å². The molecule has 10 heteroatoms. The highest BCUT2D eigenvalue weighted by molar-refractivity contribution is 7.86. The molecule has 25 heavy (non-hydrogen) atoms. The largest absolute Gasteiger partial charge is 0.363 e. The fourth-order valence-electron chi connectivity index (χ4n) is 3.93. The molecule has 3 saturated heterocycles. The highest BCUT2D eigenvalue weighted by atomic mass is 35.5. The molecule has 1 saturated carbocycles. The topological polar surface area (TPSA) is 82.2 Å². The van der Waals surface area contributed by atoms with Gasteiger partial charge in [0.1, 0.15) is 6.61 Å². The third kappa shape index (κ3) is 3.81. The van der Waals surface area contributed by atoms with Crippen LogP contribution in [0, 0.1) is 0 Å². The van der Waals surface area contributed by atoms with Gasteiger partial charge in [-0.15, -0.1) is 12.4 Å². The van der Waals surface area contributed by atoms with Crippen molar-refractivity contribution >= 4 is 28.5 Å². The Kier molecular flexibility index (Phi) is 5.63. The van der Waals surface area contributed by atoms with Crippen LogP contribution in [-0.2, 0) is 19.7 Å². The van der Waals surface area contributed by atoms with E-state index in [1.165, 1.54) is 0 Å². The Morgan fingerprint density at radius 1 is 1.04 bits per heavy atom. The Morgan fingerprint density at radius 2 is 1.64 bits per heavy atom. The molecule has 4 fully saturated rings. The van der Waals surface area contributed by atoms with E-state index >= 15 is 0 Å². The summed E-state index contributed by atoms with van der Waals surface area (Å²) in [4.78, 5) is 14.0. The summed E-state index contributed by atoms with van der Waals surface area (Å²) in [5, 5.41) is 3.18. The minimum atomic E-state index is -3.38. The third-order valence-corrected chi connectivity index (χ3v) is 7.67. The Labute approximate surface area is 155 Å². The molecule has 3 aliphatic heterocycles. The van der Waals surface area contributed by atoms with Gasteiger partial charge in [-0.25, -0.2) is 0 Å². The van der Waals surface area contributed by atoms with Crippen molar-refractivity contribution < 1.29 is 17.9 Å². The van der Waals surface area contributed by atoms with Crippen molar-refractivity contribution in [1.82, 2.24) is 18.8 Å². The second kappa shape index (κ2) is 7.28. The van der Waals surface area contributed by atoms with E-state index in [-0.39, 0.29) is 30.5 Å². The lowest BCUT2D eigenvalue weighted by Gasteiger charge is -2.47. The van der Waals surface area contributed by atoms with Gasteiger partial charge in [0, 0.05) is 45.3 Å². The van der Waals surface area contributed by atoms with Gasteiger partial charge < -0.3 is 15.0 Å². The van der Waals surface area contributed by atoms with Crippen molar-refractivity contribution in [2.75, 3.05) is 52.4 Å². The molecule has 3 heterocycles. The molecule has 1 aliphatic carbocycles. The molecule has 0 unspecified atom stereocenters. The van der Waals surface area contributed by atoms with Crippen LogP contribution in [0.3, 0.4) is 0 Å². The molecule has 8 nitrogen and oxygen atoms in total. The molecule has 0 aromatic heterocycles. The number of piperazine rings is 1. The average molecular weight is 395 g/mol. The molecule has 144 valence electrons. The predicted octanol–water partition coefficient (Wildman–Crippen LogP) is -0.586. The number of hydrogen-bond acceptors (Lipinski definition) is 5. The molecule has 4 rings (SSSR count). The summed E-state index contributed by atoms with van der Waals surface area (Å²) in [6.45, 7) is 4.18. The van der Waals surface area contributed by atoms with Crippen LogP contribution in [0.2, 0.25) is 0 Å². The second-order valence-corrected chi connectivity index (χ2v) is 9.21. The van der Waals surface area contributed by atoms with E-state index < -0.39 is 10.2 Å². The lowest BCUT2D eigenvalue weighted by atomic mass is 9.90. The number of halogens is 1. The SMILES string of the molecule is Cl.O=C1COC2(CCN(S(=O)(=O)N3CCNCC3)CC2)CN1C1CC1. The molecule has 1 spiro atoms. The van der Waals surface area contributed by atoms with Crippen molar-refractivity contribution in [3.63, 3.8) is 0 Å². The Bertz CT molecular complexity index is 599. The number of morpholine rings is 1. The molecule has 1 N–H and O–H groups in total. The van der Waals surface area contributed by atoms with Crippen LogP contribution in [-0.4, -0.2) is 91.9 Å². The van der Waals surface area contributed by atoms with Gasteiger partial charge in [-0.1, -0.05) is 0 Å². The average Bonchev–Trinajstić information content (AvgIpc) is 3.44. The predicted molar refractivity (Wildman–Crippen MR) is 94.8 cm³/mol. The second-order valence-electron chi connectivity index (χ2n) is 7.28. The first kappa shape index (κ1) is 19.3. The lowest BCUT2D eigenvalue weighted by molar-refractivity contribution is -0.170. The minimum Gasteiger partial charge on any atom is -0.363 e. The number of carbonyl (C=O) groups excluding carboxylic acids is 1. The van der Waals surface area contributed by atoms with E-state index in [0.29, 0.717) is 64.7 Å². The Morgan fingerprint density at radius 3 is 2.24 bits per heavy atom. The number of ether oxygens (including phenoxy) is 1. The zero-order valence-electron chi connectivity index (χ0n) is 14.4. The first-order chi connectivity index (χ1) is 11.5. The van der Waals surface area contributed by atoms with Crippen LogP contribution >= 0.6 is 12.4 Å². The van der Waals surface area contributed by atoms with Crippen molar-refractivity contribution in [3.8, 4) is 0 Å². The third-order valence-electron chi connectivity index (χ3n) is 5.63. The van der Waals surface area contributed by atoms with Crippen molar-refractivity contribution in [3.05, 3.63) is 0 Å². The molecule has 0 bridgehead atoms. The van der Waals surface area contributed by atoms with Gasteiger partial charge in [0.2, 0.25) is 5.91 Å². The van der Waals surface area contributed by atoms with Gasteiger partial charge in [-0.05, 0) is 25.7 Å². The van der Waals surface area contributed by atoms with E-state index in [4.69, 9.17) is 4.74 Å². The number of rotatable bonds is 3. The summed E-state index contributed by atoms with van der Waals surface area (Å²) in [5.74, 6) is 0.0824. The number of nitrogens with zero attached hydrogens (tertiary/aromatic N) is 3. The molecule has 0 aromatic carbocycles. The van der Waals surface area contributed by atoms with Gasteiger partial charge in [0.25, 0.3) is 10.2 Å². The van der Waals surface area contributed by atoms with E-state index in [0.717, 1.165) is 12.8 Å². The van der Waals surface area contributed by atoms with Gasteiger partial charge in [-0.3, -0.25) is 4.79 Å². The number of nitrogens with one attached hydrogen (secondary N) is 1. The van der Waals surface area contributed by atoms with Crippen LogP contribution < -0.4 is 5.32 Å². The summed E-state index contributed by atoms with van der Waals surface area (Å²) >= 11 is 0. The molecule has 0 radical (unpaired) electrons. The fourth-order valence-corrected chi connectivity index (χ4v) is 5.54. The summed E-state index contributed by atoms with van der Waals surface area (Å²) in [6.07, 6.45) is 3.50. The molecule has 0 atom stereocenters. The lowest BCUT2D eigenvalue weighted by Crippen LogP contribution is -2.61. The molecule has 4 aliphatic rings. The van der Waals surface area contributed by atoms with E-state index in [1.807, 2.05) is 4.90 Å². The summed E-state index contributed by atoms with van der Waals surface area (Å²) in [7, 11) is -3.38. The van der Waals surface area contributed by atoms with Gasteiger partial charge in [0.15, 0.2) is 0 Å². The van der Waals surface area contributed by atoms with Crippen LogP contribution in [0.15, 0.2) is 0 Å². The number of carbonyl (C=O) groups is 1. The van der Waals surface area contributed by atoms with Crippen LogP contribution in [0.4, 0.5) is 0 Å². The number of amides is 1. The fraction of sp³-hybridized carbons (Fsp3) is 0.933. The minimum absolute atomic E-state index is 0. The normalized spacial score (nSPS) is 28.8. The highest BCUT2D eigenvalue weighted by Crippen LogP contribution is 2.36. The van der Waals surface area contributed by atoms with E-state index in [1.54, 1.807) is 8.61 Å². The smallest absolute Gasteiger partial charge is 0.282 e. The maximum absolute atomic E-state index is 12.8. The molecular formula is C15H27ClN4O4S. The van der Waals surface area contributed by atoms with E-state index in [2.05, 4.69) is 5.32 Å². The summed E-state index contributed by atoms with van der Waals surface area (Å²) < 4.78 is 34.6. The summed E-state index contributed by atoms with van der Waals surface area (Å²) in [5.41, 5.74) is -0.355. The van der Waals surface area contributed by atoms with Crippen molar-refractivity contribution in [2.45, 2.75) is 37.3 Å². The van der Waals surface area contributed by atoms with Crippen LogP contribution in [0.1, 0.15) is 25.7 Å². The maximum atomic E-state index is 12.8. The van der Waals surface area contributed by atoms with Crippen molar-refractivity contribution in [1.29, 1.82) is 0 Å². The zero-order chi connectivity index (χ0) is 16.8. The maximum Gasteiger partial charge on any atom is 0.282 e. The standard InChI is InChI=1S/C15H26N4O4S.ClH/c20-14-11-23-15(12-19(14)13-1-2-13)3-7-17(8-4-15)24(21,22)18-9-5-16-6-10-18;/h13,16H,1-12H2;1H. The molecular weight excluding hydrogens is 368 g/mol. The molecule has 0 aromatic rings. The molecule has 1 amide bonds. The Balaban J connectivity index is 0.00000182. The van der Waals surface area contributed by atoms with Crippen LogP contribution in [0.25, 0.3) is 0 Å². The highest BCUT2D eigenvalue weighted by Gasteiger charge is 2.47. The monoisotopic (exact) mass is 394 g/mol. The van der Waals surface area contributed by atoms with Gasteiger partial charge >= 0.3 is 0 Å². The van der Waals surface area contributed by atoms with Crippen molar-refractivity contribution in [2.24, 2.45) is 0 Å². The summed E-state index contributed by atoms with van der Waals surface area (Å²) in [6, 6.07) is 0.390. The zero-order valence-corrected chi connectivity index (χ0v) is 16.0. The first-order valence-corrected chi connectivity index (χ1v) is 10.3. The number of piperidine rings is 1. The Hall–Kier alpha value is -0.450. The van der Waals surface area contributed by atoms with Gasteiger partial charge in [0.05, 0.1) is 12.1 Å². The first-order valence-electron chi connectivity index (χ1n) is 8.90. The van der Waals surface area contributed by atoms with Gasteiger partial charge in [-0.2, -0.15) is 17.0 Å². The quantitative estimate of drug-likeness (QED) is 0.692. The number of hydrogen-bond donors (Lipinski definition) is 1. The van der Waals surface area contributed by atoms with E-state index in [9.17, 15) is 13.2 Å².